The third-order valence-electron chi connectivity index (χ3n) is 21.4. The Morgan fingerprint density at radius 3 is 0.888 bits per heavy atom. The third kappa shape index (κ3) is 22.9. The summed E-state index contributed by atoms with van der Waals surface area (Å²) in [5, 5.41) is 31.6. The molecular formula is C102H101Br7O16. The lowest BCUT2D eigenvalue weighted by atomic mass is 9.67. The average Bonchev–Trinajstić information content (AvgIpc) is 1.55. The summed E-state index contributed by atoms with van der Waals surface area (Å²) < 4.78 is 44.2. The molecule has 11 aromatic carbocycles. The smallest absolute Gasteiger partial charge is 0.341 e. The summed E-state index contributed by atoms with van der Waals surface area (Å²) in [6, 6.07) is 63.9. The number of carbonyl (C=O) groups excluding carboxylic acids is 6. The molecule has 3 aliphatic rings. The highest BCUT2D eigenvalue weighted by Crippen LogP contribution is 2.60. The second-order valence-corrected chi connectivity index (χ2v) is 35.8. The lowest BCUT2D eigenvalue weighted by molar-refractivity contribution is 0.0511. The van der Waals surface area contributed by atoms with Crippen LogP contribution in [0.4, 0.5) is 0 Å². The van der Waals surface area contributed by atoms with Crippen LogP contribution < -0.4 is 9.47 Å². The molecular weight excluding hydrogens is 2040 g/mol. The quantitative estimate of drug-likeness (QED) is 0.0165. The molecule has 0 fully saturated rings. The minimum atomic E-state index is -1.04. The molecule has 16 nitrogen and oxygen atoms in total. The Balaban J connectivity index is 0.000000191. The van der Waals surface area contributed by atoms with Crippen molar-refractivity contribution in [2.24, 2.45) is 0 Å². The number of aromatic hydroxyl groups is 3. The van der Waals surface area contributed by atoms with Crippen LogP contribution in [0.25, 0.3) is 33.4 Å². The van der Waals surface area contributed by atoms with E-state index in [2.05, 4.69) is 157 Å². The number of phenols is 3. The van der Waals surface area contributed by atoms with Gasteiger partial charge in [0.25, 0.3) is 0 Å². The van der Waals surface area contributed by atoms with Crippen LogP contribution in [-0.4, -0.2) is 103 Å². The lowest BCUT2D eigenvalue weighted by Gasteiger charge is -2.35. The van der Waals surface area contributed by atoms with Crippen LogP contribution in [0.2, 0.25) is 0 Å². The molecule has 0 unspecified atom stereocenters. The van der Waals surface area contributed by atoms with Crippen molar-refractivity contribution < 1.29 is 77.2 Å². The van der Waals surface area contributed by atoms with Gasteiger partial charge in [0.05, 0.1) is 57.1 Å². The lowest BCUT2D eigenvalue weighted by Crippen LogP contribution is -2.30. The second kappa shape index (κ2) is 47.0. The maximum Gasteiger partial charge on any atom is 0.341 e. The maximum absolute atomic E-state index is 13.6. The molecule has 0 aliphatic heterocycles. The van der Waals surface area contributed by atoms with E-state index in [-0.39, 0.29) is 66.1 Å². The van der Waals surface area contributed by atoms with E-state index in [1.165, 1.54) is 55.3 Å². The zero-order chi connectivity index (χ0) is 90.1. The van der Waals surface area contributed by atoms with Gasteiger partial charge in [-0.1, -0.05) is 263 Å². The van der Waals surface area contributed by atoms with Crippen LogP contribution in [0.5, 0.6) is 28.7 Å². The van der Waals surface area contributed by atoms with E-state index < -0.39 is 40.7 Å². The van der Waals surface area contributed by atoms with Gasteiger partial charge in [0.1, 0.15) is 56.6 Å². The first-order valence-electron chi connectivity index (χ1n) is 42.1. The minimum absolute atomic E-state index is 0.0260. The van der Waals surface area contributed by atoms with Gasteiger partial charge in [-0.2, -0.15) is 0 Å². The topological polar surface area (TPSA) is 228 Å². The molecule has 23 heteroatoms. The first-order chi connectivity index (χ1) is 60.3. The Hall–Kier alpha value is -9.20. The number of benzene rings is 11. The van der Waals surface area contributed by atoms with E-state index >= 15 is 0 Å². The first-order valence-corrected chi connectivity index (χ1v) is 48.0. The fourth-order valence-electron chi connectivity index (χ4n) is 15.7. The highest BCUT2D eigenvalue weighted by molar-refractivity contribution is 9.11. The number of ketones is 1. The van der Waals surface area contributed by atoms with Crippen LogP contribution in [-0.2, 0) is 34.5 Å². The van der Waals surface area contributed by atoms with Gasteiger partial charge in [-0.25, -0.2) is 24.0 Å². The van der Waals surface area contributed by atoms with Crippen molar-refractivity contribution in [2.45, 2.75) is 143 Å². The van der Waals surface area contributed by atoms with Crippen LogP contribution in [0.3, 0.4) is 0 Å². The van der Waals surface area contributed by atoms with Gasteiger partial charge in [-0.05, 0) is 265 Å². The van der Waals surface area contributed by atoms with E-state index in [0.29, 0.717) is 53.6 Å². The minimum Gasteiger partial charge on any atom is -0.507 e. The number of esters is 5. The van der Waals surface area contributed by atoms with E-state index in [1.807, 2.05) is 121 Å². The predicted molar refractivity (Wildman–Crippen MR) is 517 cm³/mol. The molecule has 14 rings (SSSR count). The molecule has 0 aromatic heterocycles. The Morgan fingerprint density at radius 1 is 0.288 bits per heavy atom. The number of phenolic OH excluding ortho intramolecular Hbond substituents is 3. The van der Waals surface area contributed by atoms with Crippen molar-refractivity contribution in [1.29, 1.82) is 0 Å². The van der Waals surface area contributed by atoms with Crippen LogP contribution >= 0.6 is 112 Å². The molecule has 654 valence electrons. The molecule has 3 aliphatic carbocycles. The van der Waals surface area contributed by atoms with E-state index in [4.69, 9.17) is 33.2 Å². The summed E-state index contributed by atoms with van der Waals surface area (Å²) in [4.78, 5) is 76.2. The van der Waals surface area contributed by atoms with Crippen molar-refractivity contribution in [3.05, 3.63) is 317 Å². The van der Waals surface area contributed by atoms with Gasteiger partial charge in [-0.3, -0.25) is 4.79 Å². The van der Waals surface area contributed by atoms with Crippen molar-refractivity contribution in [3.63, 3.8) is 0 Å². The molecule has 0 radical (unpaired) electrons. The second-order valence-electron chi connectivity index (χ2n) is 29.5. The van der Waals surface area contributed by atoms with Crippen LogP contribution in [0.15, 0.2) is 233 Å². The van der Waals surface area contributed by atoms with Crippen molar-refractivity contribution in [3.8, 4) is 62.1 Å². The SMILES string of the molecule is CCCCCCBr.CCCCCCOc1ccc(C2(c3ccc(OCCCCCC)c(C(=O)OCC)c3)c3cc(Br)ccc3-c3ccc(Br)cc32)cc1C(=O)OCC.CCOC(=O)c1cc(C2(c3ccc(O)c(C(=O)OCC)c3)c3cc(Br)ccc3-c3ccc(Br)cc32)ccc1O.CCOC(=O)c1ccccc1O.O=C1c2cc(Br)ccc2-c2ccc(Br)cc21. The van der Waals surface area contributed by atoms with Gasteiger partial charge in [-0.15, -0.1) is 0 Å². The monoisotopic (exact) mass is 2130 g/mol. The van der Waals surface area contributed by atoms with E-state index in [1.54, 1.807) is 71.0 Å². The van der Waals surface area contributed by atoms with Crippen LogP contribution in [0, 0.1) is 0 Å². The zero-order valence-corrected chi connectivity index (χ0v) is 82.2. The Kier molecular flexibility index (Phi) is 36.9. The van der Waals surface area contributed by atoms with Gasteiger partial charge in [0.15, 0.2) is 5.78 Å². The predicted octanol–water partition coefficient (Wildman–Crippen LogP) is 28.1. The molecule has 11 aromatic rings. The summed E-state index contributed by atoms with van der Waals surface area (Å²) in [6.07, 6.45) is 13.9. The number of hydrogen-bond donors (Lipinski definition) is 3. The number of carbonyl (C=O) groups is 6. The highest BCUT2D eigenvalue weighted by atomic mass is 79.9. The number of alkyl halides is 1. The Labute approximate surface area is 790 Å². The first kappa shape index (κ1) is 98.0. The summed E-state index contributed by atoms with van der Waals surface area (Å²) >= 11 is 24.9. The highest BCUT2D eigenvalue weighted by Gasteiger charge is 2.50. The fourth-order valence-corrected chi connectivity index (χ4v) is 18.3. The van der Waals surface area contributed by atoms with Gasteiger partial charge in [0, 0.05) is 43.3 Å². The summed E-state index contributed by atoms with van der Waals surface area (Å²) in [5.41, 5.74) is 13.5. The molecule has 125 heavy (non-hydrogen) atoms. The third-order valence-corrected chi connectivity index (χ3v) is 24.9. The van der Waals surface area contributed by atoms with Gasteiger partial charge in [0.2, 0.25) is 0 Å². The number of hydrogen-bond acceptors (Lipinski definition) is 16. The average molecular weight is 2140 g/mol. The van der Waals surface area contributed by atoms with Crippen LogP contribution in [0.1, 0.15) is 245 Å². The number of para-hydroxylation sites is 1. The summed E-state index contributed by atoms with van der Waals surface area (Å²) in [5.74, 6) is -2.04. The molecule has 0 saturated heterocycles. The number of fused-ring (bicyclic) bond motifs is 9. The maximum atomic E-state index is 13.6. The van der Waals surface area contributed by atoms with Gasteiger partial charge < -0.3 is 48.5 Å². The normalized spacial score (nSPS) is 12.2. The molecule has 0 bridgehead atoms. The number of ether oxygens (including phenoxy) is 7. The largest absolute Gasteiger partial charge is 0.507 e. The molecule has 0 amide bonds. The number of halogens is 7. The molecule has 0 saturated carbocycles. The van der Waals surface area contributed by atoms with Gasteiger partial charge >= 0.3 is 29.8 Å². The number of rotatable bonds is 30. The van der Waals surface area contributed by atoms with Crippen molar-refractivity contribution >= 4 is 147 Å². The number of unbranched alkanes of at least 4 members (excludes halogenated alkanes) is 9. The zero-order valence-electron chi connectivity index (χ0n) is 71.1. The molecule has 3 N–H and O–H groups in total. The summed E-state index contributed by atoms with van der Waals surface area (Å²) in [7, 11) is 0. The fraction of sp³-hybridized carbons (Fsp3) is 0.294. The van der Waals surface area contributed by atoms with Crippen molar-refractivity contribution in [2.75, 3.05) is 51.6 Å². The Morgan fingerprint density at radius 2 is 0.568 bits per heavy atom. The standard InChI is InChI=1S/C43H48Br2O6.C31H24Br2O6.C13H6Br2O.C9H10O3.C6H13Br/c1-5-9-11-13-23-50-39-21-15-29(25-35(39)41(46)48-7-3)43(37-27-31(44)17-19-33(37)34-20-18-32(45)28-38(34)43)30-16-22-40(51-24-14-12-10-6-2)36(26-30)42(47)49-8-4;1-3-38-29(36)23-13-17(5-11-27(23)34)31(18-6-12-28(35)24(14-18)30(37)39-4-2)25-15-19(32)7-9-21(25)22-10-8-20(33)16-26(22)31;14-7-1-3-9-10-4-2-8(15)6-12(10)13(16)11(9)5-7;1-2-12-9(11)7-5-3-4-6-8(7)10;1-2-3-4-5-6-7/h15-22,25-28H,5-14,23-24H2,1-4H3;5-16,34-35H,3-4H2,1-2H3;1-6H;3-6,10H,2H2,1H3;2-6H2,1H3. The summed E-state index contributed by atoms with van der Waals surface area (Å²) in [6.45, 7) is 17.4. The Bertz CT molecular complexity index is 5370. The van der Waals surface area contributed by atoms with E-state index in [9.17, 15) is 44.1 Å². The molecule has 0 spiro atoms. The van der Waals surface area contributed by atoms with Crippen molar-refractivity contribution in [1.82, 2.24) is 0 Å². The molecule has 0 heterocycles. The molecule has 0 atom stereocenters. The van der Waals surface area contributed by atoms with E-state index in [0.717, 1.165) is 156 Å².